The molecule has 4 fully saturated rings. The standard InChI is InChI=1S/C38H55N3O5/c1-5-6-12-31-27-40(26-29-10-8-7-9-11-29)36(43)46-38(31)19-23-41(24-20-38)37(3)17-21-39(22-18-37)35(42)33-25-34(45-28(33)2)30-13-15-32(44-4)16-14-30/h13-16,25,29,31H,5-12,17-24,26-27H2,1-4H3. The molecule has 4 heterocycles. The van der Waals surface area contributed by atoms with Gasteiger partial charge in [0.1, 0.15) is 22.9 Å². The van der Waals surface area contributed by atoms with Crippen molar-refractivity contribution >= 4 is 12.0 Å². The minimum atomic E-state index is -0.334. The molecule has 2 amide bonds. The quantitative estimate of drug-likeness (QED) is 0.279. The summed E-state index contributed by atoms with van der Waals surface area (Å²) in [7, 11) is 1.65. The van der Waals surface area contributed by atoms with Crippen molar-refractivity contribution in [1.29, 1.82) is 0 Å². The van der Waals surface area contributed by atoms with E-state index in [4.69, 9.17) is 13.9 Å². The Morgan fingerprint density at radius 3 is 2.35 bits per heavy atom. The summed E-state index contributed by atoms with van der Waals surface area (Å²) in [6.07, 6.45) is 13.5. The molecule has 3 saturated heterocycles. The Morgan fingerprint density at radius 1 is 1.00 bits per heavy atom. The largest absolute Gasteiger partial charge is 0.497 e. The zero-order valence-electron chi connectivity index (χ0n) is 28.7. The number of nitrogens with zero attached hydrogens (tertiary/aromatic N) is 3. The van der Waals surface area contributed by atoms with Gasteiger partial charge >= 0.3 is 6.09 Å². The van der Waals surface area contributed by atoms with Crippen LogP contribution >= 0.6 is 0 Å². The van der Waals surface area contributed by atoms with E-state index in [0.29, 0.717) is 28.9 Å². The summed E-state index contributed by atoms with van der Waals surface area (Å²) in [5, 5.41) is 0. The number of likely N-dealkylation sites (tertiary alicyclic amines) is 2. The first kappa shape index (κ1) is 32.9. The summed E-state index contributed by atoms with van der Waals surface area (Å²) >= 11 is 0. The van der Waals surface area contributed by atoms with E-state index in [1.165, 1.54) is 44.9 Å². The first-order valence-corrected chi connectivity index (χ1v) is 18.0. The highest BCUT2D eigenvalue weighted by atomic mass is 16.6. The van der Waals surface area contributed by atoms with Gasteiger partial charge in [-0.25, -0.2) is 4.79 Å². The van der Waals surface area contributed by atoms with Crippen LogP contribution in [0.3, 0.4) is 0 Å². The molecule has 1 aromatic heterocycles. The molecule has 1 aliphatic carbocycles. The van der Waals surface area contributed by atoms with Crippen molar-refractivity contribution in [3.63, 3.8) is 0 Å². The average molecular weight is 634 g/mol. The third-order valence-electron chi connectivity index (χ3n) is 11.9. The summed E-state index contributed by atoms with van der Waals surface area (Å²) in [4.78, 5) is 33.7. The van der Waals surface area contributed by atoms with Crippen molar-refractivity contribution in [3.05, 3.63) is 41.7 Å². The first-order valence-electron chi connectivity index (χ1n) is 18.0. The van der Waals surface area contributed by atoms with Gasteiger partial charge in [-0.1, -0.05) is 39.0 Å². The molecule has 8 heteroatoms. The van der Waals surface area contributed by atoms with Crippen LogP contribution in [-0.2, 0) is 4.74 Å². The number of methoxy groups -OCH3 is 1. The van der Waals surface area contributed by atoms with Crippen LogP contribution in [0.1, 0.15) is 107 Å². The molecule has 1 spiro atoms. The van der Waals surface area contributed by atoms with Crippen LogP contribution in [0, 0.1) is 18.8 Å². The molecule has 8 nitrogen and oxygen atoms in total. The SMILES string of the molecule is CCCCC1CN(CC2CCCCC2)C(=O)OC12CCN(C1(C)CCN(C(=O)c3cc(-c4ccc(OC)cc4)oc3C)CC1)CC2. The van der Waals surface area contributed by atoms with Gasteiger partial charge in [-0.2, -0.15) is 0 Å². The first-order chi connectivity index (χ1) is 22.2. The smallest absolute Gasteiger partial charge is 0.410 e. The van der Waals surface area contributed by atoms with E-state index in [1.54, 1.807) is 7.11 Å². The maximum absolute atomic E-state index is 13.6. The number of carbonyl (C=O) groups is 2. The molecule has 1 saturated carbocycles. The average Bonchev–Trinajstić information content (AvgIpc) is 3.47. The third kappa shape index (κ3) is 6.83. The summed E-state index contributed by atoms with van der Waals surface area (Å²) in [6.45, 7) is 11.6. The second-order valence-corrected chi connectivity index (χ2v) is 14.8. The van der Waals surface area contributed by atoms with Crippen molar-refractivity contribution in [2.24, 2.45) is 11.8 Å². The predicted molar refractivity (Wildman–Crippen MR) is 180 cm³/mol. The molecular formula is C38H55N3O5. The zero-order chi connectivity index (χ0) is 32.3. The molecule has 1 unspecified atom stereocenters. The molecule has 1 atom stereocenters. The lowest BCUT2D eigenvalue weighted by molar-refractivity contribution is -0.134. The van der Waals surface area contributed by atoms with Crippen LogP contribution in [0.2, 0.25) is 0 Å². The Morgan fingerprint density at radius 2 is 1.70 bits per heavy atom. The van der Waals surface area contributed by atoms with Gasteiger partial charge in [-0.15, -0.1) is 0 Å². The summed E-state index contributed by atoms with van der Waals surface area (Å²) in [5.41, 5.74) is 1.26. The van der Waals surface area contributed by atoms with E-state index in [0.717, 1.165) is 82.7 Å². The van der Waals surface area contributed by atoms with Gasteiger partial charge in [0, 0.05) is 69.1 Å². The van der Waals surface area contributed by atoms with Gasteiger partial charge in [0.15, 0.2) is 0 Å². The van der Waals surface area contributed by atoms with E-state index >= 15 is 0 Å². The van der Waals surface area contributed by atoms with Gasteiger partial charge in [0.05, 0.1) is 12.7 Å². The van der Waals surface area contributed by atoms with Crippen molar-refractivity contribution in [1.82, 2.24) is 14.7 Å². The third-order valence-corrected chi connectivity index (χ3v) is 11.9. The molecule has 4 aliphatic rings. The lowest BCUT2D eigenvalue weighted by Gasteiger charge is -2.55. The van der Waals surface area contributed by atoms with Gasteiger partial charge in [0.2, 0.25) is 0 Å². The lowest BCUT2D eigenvalue weighted by atomic mass is 9.74. The fourth-order valence-corrected chi connectivity index (χ4v) is 8.67. The monoisotopic (exact) mass is 633 g/mol. The number of unbranched alkanes of at least 4 members (excludes halogenated alkanes) is 1. The van der Waals surface area contributed by atoms with E-state index in [-0.39, 0.29) is 23.1 Å². The fraction of sp³-hybridized carbons (Fsp3) is 0.684. The zero-order valence-corrected chi connectivity index (χ0v) is 28.7. The van der Waals surface area contributed by atoms with Crippen LogP contribution in [0.15, 0.2) is 34.7 Å². The van der Waals surface area contributed by atoms with E-state index in [9.17, 15) is 9.59 Å². The number of benzene rings is 1. The summed E-state index contributed by atoms with van der Waals surface area (Å²) in [5.74, 6) is 3.23. The highest BCUT2D eigenvalue weighted by molar-refractivity contribution is 5.96. The number of piperidine rings is 2. The number of aryl methyl sites for hydroxylation is 1. The van der Waals surface area contributed by atoms with Crippen molar-refractivity contribution in [2.75, 3.05) is 46.4 Å². The molecule has 6 rings (SSSR count). The van der Waals surface area contributed by atoms with Crippen LogP contribution in [0.25, 0.3) is 11.3 Å². The molecule has 1 aromatic carbocycles. The number of furan rings is 1. The normalized spacial score (nSPS) is 23.8. The van der Waals surface area contributed by atoms with Gasteiger partial charge in [-0.05, 0) is 82.2 Å². The minimum Gasteiger partial charge on any atom is -0.497 e. The molecule has 3 aliphatic heterocycles. The number of hydrogen-bond acceptors (Lipinski definition) is 6. The molecule has 0 N–H and O–H groups in total. The van der Waals surface area contributed by atoms with Crippen LogP contribution in [0.5, 0.6) is 5.75 Å². The number of amides is 2. The summed E-state index contributed by atoms with van der Waals surface area (Å²) in [6, 6.07) is 9.59. The lowest BCUT2D eigenvalue weighted by Crippen LogP contribution is -2.63. The molecule has 252 valence electrons. The number of carbonyl (C=O) groups excluding carboxylic acids is 2. The molecule has 46 heavy (non-hydrogen) atoms. The maximum atomic E-state index is 13.6. The van der Waals surface area contributed by atoms with Crippen LogP contribution in [-0.4, -0.2) is 84.2 Å². The fourth-order valence-electron chi connectivity index (χ4n) is 8.67. The highest BCUT2D eigenvalue weighted by Gasteiger charge is 2.51. The van der Waals surface area contributed by atoms with Crippen molar-refractivity contribution < 1.29 is 23.5 Å². The molecule has 0 bridgehead atoms. The summed E-state index contributed by atoms with van der Waals surface area (Å²) < 4.78 is 17.8. The Balaban J connectivity index is 1.05. The van der Waals surface area contributed by atoms with Gasteiger partial charge in [0.25, 0.3) is 5.91 Å². The van der Waals surface area contributed by atoms with Crippen molar-refractivity contribution in [2.45, 2.75) is 109 Å². The Labute approximate surface area is 275 Å². The van der Waals surface area contributed by atoms with Crippen molar-refractivity contribution in [3.8, 4) is 17.1 Å². The molecule has 2 aromatic rings. The van der Waals surface area contributed by atoms with E-state index in [1.807, 2.05) is 42.2 Å². The van der Waals surface area contributed by atoms with E-state index in [2.05, 4.69) is 23.6 Å². The maximum Gasteiger partial charge on any atom is 0.410 e. The topological polar surface area (TPSA) is 75.5 Å². The highest BCUT2D eigenvalue weighted by Crippen LogP contribution is 2.44. The van der Waals surface area contributed by atoms with Gasteiger partial charge in [-0.3, -0.25) is 9.69 Å². The van der Waals surface area contributed by atoms with Crippen LogP contribution < -0.4 is 4.74 Å². The van der Waals surface area contributed by atoms with Gasteiger partial charge < -0.3 is 23.7 Å². The Bertz CT molecular complexity index is 1330. The minimum absolute atomic E-state index is 0.0305. The van der Waals surface area contributed by atoms with E-state index < -0.39 is 0 Å². The Kier molecular flexibility index (Phi) is 10.0. The number of rotatable bonds is 9. The molecular weight excluding hydrogens is 578 g/mol. The Hall–Kier alpha value is -3.00. The number of ether oxygens (including phenoxy) is 2. The number of hydrogen-bond donors (Lipinski definition) is 0. The van der Waals surface area contributed by atoms with Crippen LogP contribution in [0.4, 0.5) is 4.79 Å². The molecule has 0 radical (unpaired) electrons. The second kappa shape index (κ2) is 14.0. The predicted octanol–water partition coefficient (Wildman–Crippen LogP) is 7.93. The second-order valence-electron chi connectivity index (χ2n) is 14.8.